The number of nitrogens with two attached hydrogens (primary N) is 2. The van der Waals surface area contributed by atoms with Crippen molar-refractivity contribution in [3.63, 3.8) is 0 Å². The normalized spacial score (nSPS) is 10.4. The van der Waals surface area contributed by atoms with Crippen molar-refractivity contribution in [2.24, 2.45) is 0 Å². The fraction of sp³-hybridized carbons (Fsp3) is 0. The number of hydrogen-bond donors (Lipinski definition) is 4. The molecule has 0 aliphatic rings. The summed E-state index contributed by atoms with van der Waals surface area (Å²) in [5.74, 6) is 1.07. The second kappa shape index (κ2) is 5.57. The third-order valence-corrected chi connectivity index (χ3v) is 2.95. The zero-order valence-electron chi connectivity index (χ0n) is 11.6. The molecule has 2 aromatic carbocycles. The van der Waals surface area contributed by atoms with Gasteiger partial charge in [0.2, 0.25) is 11.9 Å². The third-order valence-electron chi connectivity index (χ3n) is 2.95. The summed E-state index contributed by atoms with van der Waals surface area (Å²) < 4.78 is 0. The van der Waals surface area contributed by atoms with Crippen LogP contribution in [-0.2, 0) is 0 Å². The Morgan fingerprint density at radius 1 is 0.818 bits per heavy atom. The molecule has 1 heterocycles. The molecule has 22 heavy (non-hydrogen) atoms. The van der Waals surface area contributed by atoms with Crippen molar-refractivity contribution in [3.05, 3.63) is 48.5 Å². The smallest absolute Gasteiger partial charge is 0.232 e. The van der Waals surface area contributed by atoms with Crippen LogP contribution in [0.1, 0.15) is 0 Å². The number of benzene rings is 2. The average molecular weight is 294 g/mol. The van der Waals surface area contributed by atoms with Crippen LogP contribution in [0.4, 0.5) is 23.3 Å². The molecule has 0 radical (unpaired) electrons. The van der Waals surface area contributed by atoms with Crippen LogP contribution in [0.3, 0.4) is 0 Å². The van der Waals surface area contributed by atoms with Gasteiger partial charge in [0.05, 0.1) is 0 Å². The van der Waals surface area contributed by atoms with Gasteiger partial charge >= 0.3 is 0 Å². The Morgan fingerprint density at radius 3 is 2.18 bits per heavy atom. The van der Waals surface area contributed by atoms with E-state index in [9.17, 15) is 5.11 Å². The van der Waals surface area contributed by atoms with Crippen LogP contribution in [0.2, 0.25) is 0 Å². The molecule has 3 rings (SSSR count). The number of aromatic hydroxyl groups is 1. The molecule has 0 amide bonds. The number of anilines is 4. The minimum atomic E-state index is 0.114. The monoisotopic (exact) mass is 294 g/mol. The van der Waals surface area contributed by atoms with Crippen LogP contribution in [0.5, 0.6) is 5.75 Å². The number of aromatic nitrogens is 3. The van der Waals surface area contributed by atoms with Crippen LogP contribution in [0, 0.1) is 0 Å². The number of phenols is 1. The molecule has 0 spiro atoms. The van der Waals surface area contributed by atoms with Gasteiger partial charge in [0, 0.05) is 16.9 Å². The molecular weight excluding hydrogens is 280 g/mol. The zero-order chi connectivity index (χ0) is 15.5. The topological polar surface area (TPSA) is 123 Å². The number of nitrogen functional groups attached to an aromatic ring is 2. The van der Waals surface area contributed by atoms with Gasteiger partial charge in [-0.1, -0.05) is 0 Å². The maximum atomic E-state index is 9.28. The first-order valence-corrected chi connectivity index (χ1v) is 6.54. The third kappa shape index (κ3) is 3.04. The first kappa shape index (κ1) is 13.6. The van der Waals surface area contributed by atoms with Gasteiger partial charge in [-0.05, 0) is 48.5 Å². The molecule has 0 aliphatic carbocycles. The maximum absolute atomic E-state index is 9.28. The quantitative estimate of drug-likeness (QED) is 0.431. The molecule has 0 unspecified atom stereocenters. The Hall–Kier alpha value is -3.35. The Balaban J connectivity index is 1.92. The highest BCUT2D eigenvalue weighted by atomic mass is 16.3. The molecule has 0 bridgehead atoms. The number of phenolic OH excluding ortho intramolecular Hbond substituents is 1. The van der Waals surface area contributed by atoms with Crippen molar-refractivity contribution in [3.8, 4) is 17.1 Å². The van der Waals surface area contributed by atoms with E-state index in [1.807, 2.05) is 12.1 Å². The summed E-state index contributed by atoms with van der Waals surface area (Å²) in [5.41, 5.74) is 13.6. The molecule has 1 aromatic heterocycles. The van der Waals surface area contributed by atoms with Gasteiger partial charge in [-0.15, -0.1) is 0 Å². The standard InChI is InChI=1S/C15H14N6O/c16-10-3-1-9(2-4-10)13-19-14(17)21-15(20-13)18-11-5-7-12(22)8-6-11/h1-8,22H,16H2,(H3,17,18,19,20,21). The van der Waals surface area contributed by atoms with Crippen LogP contribution in [0.15, 0.2) is 48.5 Å². The Bertz CT molecular complexity index is 786. The fourth-order valence-electron chi connectivity index (χ4n) is 1.88. The predicted molar refractivity (Wildman–Crippen MR) is 85.5 cm³/mol. The molecule has 0 fully saturated rings. The van der Waals surface area contributed by atoms with E-state index in [0.717, 1.165) is 11.3 Å². The summed E-state index contributed by atoms with van der Waals surface area (Å²) in [6, 6.07) is 13.7. The van der Waals surface area contributed by atoms with Gasteiger partial charge in [-0.2, -0.15) is 15.0 Å². The van der Waals surface area contributed by atoms with Gasteiger partial charge in [-0.3, -0.25) is 0 Å². The average Bonchev–Trinajstić information content (AvgIpc) is 2.50. The minimum Gasteiger partial charge on any atom is -0.508 e. The lowest BCUT2D eigenvalue weighted by atomic mass is 10.2. The molecule has 110 valence electrons. The second-order valence-corrected chi connectivity index (χ2v) is 4.63. The number of hydrogen-bond acceptors (Lipinski definition) is 7. The van der Waals surface area contributed by atoms with Crippen LogP contribution < -0.4 is 16.8 Å². The molecule has 3 aromatic rings. The lowest BCUT2D eigenvalue weighted by molar-refractivity contribution is 0.475. The van der Waals surface area contributed by atoms with Crippen LogP contribution in [0.25, 0.3) is 11.4 Å². The van der Waals surface area contributed by atoms with E-state index < -0.39 is 0 Å². The van der Waals surface area contributed by atoms with Crippen LogP contribution >= 0.6 is 0 Å². The summed E-state index contributed by atoms with van der Waals surface area (Å²) in [6.45, 7) is 0. The summed E-state index contributed by atoms with van der Waals surface area (Å²) in [5, 5.41) is 12.3. The van der Waals surface area contributed by atoms with Gasteiger partial charge in [0.15, 0.2) is 5.82 Å². The molecule has 7 nitrogen and oxygen atoms in total. The zero-order valence-corrected chi connectivity index (χ0v) is 11.6. The van der Waals surface area contributed by atoms with Crippen LogP contribution in [-0.4, -0.2) is 20.1 Å². The Labute approximate surface area is 126 Å². The maximum Gasteiger partial charge on any atom is 0.232 e. The van der Waals surface area contributed by atoms with E-state index in [0.29, 0.717) is 17.5 Å². The largest absolute Gasteiger partial charge is 0.508 e. The van der Waals surface area contributed by atoms with Crippen molar-refractivity contribution in [2.45, 2.75) is 0 Å². The first-order chi connectivity index (χ1) is 10.6. The van der Waals surface area contributed by atoms with Crippen molar-refractivity contribution < 1.29 is 5.11 Å². The van der Waals surface area contributed by atoms with Crippen molar-refractivity contribution in [1.82, 2.24) is 15.0 Å². The number of rotatable bonds is 3. The summed E-state index contributed by atoms with van der Waals surface area (Å²) in [7, 11) is 0. The lowest BCUT2D eigenvalue weighted by Crippen LogP contribution is -2.05. The molecule has 0 aliphatic heterocycles. The molecule has 0 atom stereocenters. The van der Waals surface area contributed by atoms with E-state index in [1.54, 1.807) is 36.4 Å². The van der Waals surface area contributed by atoms with E-state index in [-0.39, 0.29) is 11.7 Å². The SMILES string of the molecule is Nc1ccc(-c2nc(N)nc(Nc3ccc(O)cc3)n2)cc1. The second-order valence-electron chi connectivity index (χ2n) is 4.63. The number of nitrogens with one attached hydrogen (secondary N) is 1. The molecule has 7 heteroatoms. The Kier molecular flexibility index (Phi) is 3.45. The highest BCUT2D eigenvalue weighted by Crippen LogP contribution is 2.21. The van der Waals surface area contributed by atoms with Gasteiger partial charge < -0.3 is 21.9 Å². The van der Waals surface area contributed by atoms with Crippen molar-refractivity contribution >= 4 is 23.3 Å². The van der Waals surface area contributed by atoms with E-state index >= 15 is 0 Å². The van der Waals surface area contributed by atoms with Crippen molar-refractivity contribution in [1.29, 1.82) is 0 Å². The van der Waals surface area contributed by atoms with E-state index in [2.05, 4.69) is 20.3 Å². The van der Waals surface area contributed by atoms with Gasteiger partial charge in [0.1, 0.15) is 5.75 Å². The minimum absolute atomic E-state index is 0.114. The Morgan fingerprint density at radius 2 is 1.50 bits per heavy atom. The molecule has 0 saturated carbocycles. The van der Waals surface area contributed by atoms with E-state index in [4.69, 9.17) is 11.5 Å². The fourth-order valence-corrected chi connectivity index (χ4v) is 1.88. The summed E-state index contributed by atoms with van der Waals surface area (Å²) >= 11 is 0. The van der Waals surface area contributed by atoms with Gasteiger partial charge in [0.25, 0.3) is 0 Å². The lowest BCUT2D eigenvalue weighted by Gasteiger charge is -2.07. The van der Waals surface area contributed by atoms with Crippen molar-refractivity contribution in [2.75, 3.05) is 16.8 Å². The molecule has 6 N–H and O–H groups in total. The van der Waals surface area contributed by atoms with Gasteiger partial charge in [-0.25, -0.2) is 0 Å². The summed E-state index contributed by atoms with van der Waals surface area (Å²) in [6.07, 6.45) is 0. The molecule has 0 saturated heterocycles. The summed E-state index contributed by atoms with van der Waals surface area (Å²) in [4.78, 5) is 12.5. The van der Waals surface area contributed by atoms with E-state index in [1.165, 1.54) is 0 Å². The highest BCUT2D eigenvalue weighted by Gasteiger charge is 2.07. The first-order valence-electron chi connectivity index (χ1n) is 6.54. The predicted octanol–water partition coefficient (Wildman–Crippen LogP) is 2.15. The number of nitrogens with zero attached hydrogens (tertiary/aromatic N) is 3. The highest BCUT2D eigenvalue weighted by molar-refractivity contribution is 5.62. The molecular formula is C15H14N6O.